The van der Waals surface area contributed by atoms with E-state index in [1.165, 1.54) is 6.08 Å². The van der Waals surface area contributed by atoms with Gasteiger partial charge in [0.15, 0.2) is 0 Å². The average Bonchev–Trinajstić information content (AvgIpc) is 3.43. The highest BCUT2D eigenvalue weighted by atomic mass is 16.6. The van der Waals surface area contributed by atoms with E-state index in [0.717, 1.165) is 29.7 Å². The molecule has 40 heavy (non-hydrogen) atoms. The Balaban J connectivity index is 1.79. The van der Waals surface area contributed by atoms with Gasteiger partial charge in [-0.3, -0.25) is 14.4 Å². The van der Waals surface area contributed by atoms with E-state index in [-0.39, 0.29) is 37.5 Å². The molecule has 2 amide bonds. The monoisotopic (exact) mass is 552 g/mol. The minimum Gasteiger partial charge on any atom is -0.461 e. The molecule has 3 heterocycles. The highest BCUT2D eigenvalue weighted by molar-refractivity contribution is 6.05. The molecule has 3 fully saturated rings. The lowest BCUT2D eigenvalue weighted by molar-refractivity contribution is -0.160. The molecule has 4 rings (SSSR count). The van der Waals surface area contributed by atoms with Crippen LogP contribution in [-0.2, 0) is 23.9 Å². The Morgan fingerprint density at radius 3 is 2.60 bits per heavy atom. The molecular formula is C32H44N2O6. The smallest absolute Gasteiger partial charge is 0.313 e. The summed E-state index contributed by atoms with van der Waals surface area (Å²) in [7, 11) is 0. The van der Waals surface area contributed by atoms with Crippen LogP contribution in [0.4, 0.5) is 5.69 Å². The number of unbranched alkanes of at least 4 members (excludes halogenated alkanes) is 3. The lowest BCUT2D eigenvalue weighted by Crippen LogP contribution is -2.57. The molecule has 1 aromatic rings. The number of aliphatic hydroxyl groups is 1. The zero-order chi connectivity index (χ0) is 29.2. The van der Waals surface area contributed by atoms with Crippen molar-refractivity contribution >= 4 is 23.5 Å². The minimum absolute atomic E-state index is 0.0460. The molecule has 0 aliphatic carbocycles. The van der Waals surface area contributed by atoms with Crippen molar-refractivity contribution in [1.82, 2.24) is 4.90 Å². The lowest BCUT2D eigenvalue weighted by Gasteiger charge is -2.37. The van der Waals surface area contributed by atoms with Crippen molar-refractivity contribution in [3.05, 3.63) is 54.6 Å². The van der Waals surface area contributed by atoms with E-state index < -0.39 is 35.0 Å². The van der Waals surface area contributed by atoms with Crippen LogP contribution in [0.2, 0.25) is 0 Å². The second kappa shape index (κ2) is 11.9. The fraction of sp³-hybridized carbons (Fsp3) is 0.594. The van der Waals surface area contributed by atoms with Gasteiger partial charge in [0.05, 0.1) is 11.5 Å². The van der Waals surface area contributed by atoms with E-state index in [1.54, 1.807) is 15.9 Å². The summed E-state index contributed by atoms with van der Waals surface area (Å²) < 4.78 is 12.3. The standard InChI is InChI=1S/C32H44N2O6/c1-7-15-33(24-19-21(3)13-14-22(24)4)29(37)27-32-20-23(5)31(6,40-32)26(30(38)39-18-8-2)25(32)28(36)34(27)16-11-9-10-12-17-35/h7-8,13-14,19,23,25-27,35H,1-2,9-12,15-18,20H2,3-6H3/t23?,25-,26-,27?,31+,32?/m0/s1. The van der Waals surface area contributed by atoms with Gasteiger partial charge < -0.3 is 24.4 Å². The van der Waals surface area contributed by atoms with Crippen molar-refractivity contribution in [2.24, 2.45) is 17.8 Å². The Labute approximate surface area is 238 Å². The second-order valence-electron chi connectivity index (χ2n) is 11.8. The van der Waals surface area contributed by atoms with Gasteiger partial charge in [0.25, 0.3) is 5.91 Å². The SMILES string of the molecule is C=CCOC(=O)[C@@H]1[C@H]2C(=O)N(CCCCCCO)C(C(=O)N(CC=C)c3cc(C)ccc3C)C23CC(C)[C@@]1(C)O3. The van der Waals surface area contributed by atoms with Crippen LogP contribution in [0.5, 0.6) is 0 Å². The van der Waals surface area contributed by atoms with Crippen molar-refractivity contribution in [1.29, 1.82) is 0 Å². The molecule has 3 aliphatic heterocycles. The number of hydrogen-bond donors (Lipinski definition) is 1. The maximum atomic E-state index is 14.7. The number of carbonyl (C=O) groups is 3. The molecule has 2 bridgehead atoms. The van der Waals surface area contributed by atoms with Gasteiger partial charge in [-0.25, -0.2) is 0 Å². The maximum absolute atomic E-state index is 14.7. The molecule has 8 heteroatoms. The number of esters is 1. The highest BCUT2D eigenvalue weighted by Gasteiger charge is 2.80. The topological polar surface area (TPSA) is 96.4 Å². The second-order valence-corrected chi connectivity index (χ2v) is 11.8. The number of carbonyl (C=O) groups excluding carboxylic acids is 3. The molecule has 3 saturated heterocycles. The first-order valence-electron chi connectivity index (χ1n) is 14.5. The number of likely N-dealkylation sites (tertiary alicyclic amines) is 1. The normalized spacial score (nSPS) is 30.3. The number of aryl methyl sites for hydroxylation is 2. The minimum atomic E-state index is -1.14. The van der Waals surface area contributed by atoms with Crippen LogP contribution in [0, 0.1) is 31.6 Å². The number of ether oxygens (including phenoxy) is 2. The number of hydrogen-bond acceptors (Lipinski definition) is 6. The van der Waals surface area contributed by atoms with Gasteiger partial charge in [0.1, 0.15) is 24.2 Å². The highest BCUT2D eigenvalue weighted by Crippen LogP contribution is 2.65. The van der Waals surface area contributed by atoms with E-state index in [1.807, 2.05) is 45.9 Å². The van der Waals surface area contributed by atoms with Gasteiger partial charge in [-0.05, 0) is 63.1 Å². The average molecular weight is 553 g/mol. The first kappa shape index (κ1) is 30.0. The molecule has 6 atom stereocenters. The Bertz CT molecular complexity index is 1170. The summed E-state index contributed by atoms with van der Waals surface area (Å²) in [6, 6.07) is 5.09. The zero-order valence-electron chi connectivity index (χ0n) is 24.4. The molecule has 218 valence electrons. The van der Waals surface area contributed by atoms with Crippen LogP contribution >= 0.6 is 0 Å². The number of aliphatic hydroxyl groups excluding tert-OH is 1. The predicted octanol–water partition coefficient (Wildman–Crippen LogP) is 4.12. The van der Waals surface area contributed by atoms with Gasteiger partial charge in [-0.15, -0.1) is 6.58 Å². The van der Waals surface area contributed by atoms with Gasteiger partial charge in [-0.1, -0.05) is 50.6 Å². The van der Waals surface area contributed by atoms with Crippen molar-refractivity contribution in [3.63, 3.8) is 0 Å². The number of benzene rings is 1. The lowest BCUT2D eigenvalue weighted by atomic mass is 9.62. The predicted molar refractivity (Wildman–Crippen MR) is 154 cm³/mol. The Kier molecular flexibility index (Phi) is 8.90. The first-order chi connectivity index (χ1) is 19.1. The van der Waals surface area contributed by atoms with Crippen LogP contribution in [0.3, 0.4) is 0 Å². The molecule has 3 unspecified atom stereocenters. The summed E-state index contributed by atoms with van der Waals surface area (Å²) in [5.41, 5.74) is 0.673. The van der Waals surface area contributed by atoms with Crippen LogP contribution in [-0.4, -0.2) is 71.3 Å². The van der Waals surface area contributed by atoms with E-state index in [2.05, 4.69) is 13.2 Å². The quantitative estimate of drug-likeness (QED) is 0.225. The maximum Gasteiger partial charge on any atom is 0.313 e. The molecule has 0 aromatic heterocycles. The van der Waals surface area contributed by atoms with E-state index in [0.29, 0.717) is 25.8 Å². The molecule has 0 saturated carbocycles. The summed E-state index contributed by atoms with van der Waals surface area (Å²) in [6.07, 6.45) is 6.72. The molecule has 3 aliphatic rings. The number of amides is 2. The van der Waals surface area contributed by atoms with Crippen molar-refractivity contribution in [2.45, 2.75) is 77.0 Å². The summed E-state index contributed by atoms with van der Waals surface area (Å²) >= 11 is 0. The molecule has 8 nitrogen and oxygen atoms in total. The van der Waals surface area contributed by atoms with E-state index in [9.17, 15) is 19.5 Å². The fourth-order valence-electron chi connectivity index (χ4n) is 7.19. The van der Waals surface area contributed by atoms with Gasteiger partial charge in [0.2, 0.25) is 5.91 Å². The van der Waals surface area contributed by atoms with E-state index >= 15 is 0 Å². The van der Waals surface area contributed by atoms with Crippen LogP contribution < -0.4 is 4.90 Å². The number of fused-ring (bicyclic) bond motifs is 1. The third kappa shape index (κ3) is 4.90. The number of anilines is 1. The van der Waals surface area contributed by atoms with Crippen molar-refractivity contribution < 1.29 is 29.0 Å². The molecule has 1 spiro atoms. The number of rotatable bonds is 13. The summed E-state index contributed by atoms with van der Waals surface area (Å²) in [5.74, 6) is -2.62. The Morgan fingerprint density at radius 1 is 1.20 bits per heavy atom. The largest absolute Gasteiger partial charge is 0.461 e. The Hall–Kier alpha value is -2.97. The van der Waals surface area contributed by atoms with Crippen LogP contribution in [0.15, 0.2) is 43.5 Å². The van der Waals surface area contributed by atoms with Crippen LogP contribution in [0.25, 0.3) is 0 Å². The van der Waals surface area contributed by atoms with Gasteiger partial charge in [0, 0.05) is 25.4 Å². The van der Waals surface area contributed by atoms with E-state index in [4.69, 9.17) is 9.47 Å². The molecule has 1 aromatic carbocycles. The van der Waals surface area contributed by atoms with Crippen molar-refractivity contribution in [3.8, 4) is 0 Å². The third-order valence-corrected chi connectivity index (χ3v) is 9.19. The van der Waals surface area contributed by atoms with Crippen LogP contribution in [0.1, 0.15) is 57.1 Å². The summed E-state index contributed by atoms with van der Waals surface area (Å²) in [4.78, 5) is 45.8. The first-order valence-corrected chi connectivity index (χ1v) is 14.5. The van der Waals surface area contributed by atoms with Gasteiger partial charge >= 0.3 is 5.97 Å². The summed E-state index contributed by atoms with van der Waals surface area (Å²) in [6.45, 7) is 16.2. The summed E-state index contributed by atoms with van der Waals surface area (Å²) in [5, 5.41) is 9.18. The third-order valence-electron chi connectivity index (χ3n) is 9.19. The van der Waals surface area contributed by atoms with Gasteiger partial charge in [-0.2, -0.15) is 0 Å². The molecule has 1 N–H and O–H groups in total. The number of nitrogens with zero attached hydrogens (tertiary/aromatic N) is 2. The Morgan fingerprint density at radius 2 is 1.93 bits per heavy atom. The molecule has 0 radical (unpaired) electrons. The molecular weight excluding hydrogens is 508 g/mol. The zero-order valence-corrected chi connectivity index (χ0v) is 24.4. The van der Waals surface area contributed by atoms with Crippen molar-refractivity contribution in [2.75, 3.05) is 31.2 Å². The fourth-order valence-corrected chi connectivity index (χ4v) is 7.19.